The molecule has 2 aromatic heterocycles. The van der Waals surface area contributed by atoms with Crippen molar-refractivity contribution < 1.29 is 29.5 Å². The number of aromatic nitrogens is 4. The first-order chi connectivity index (χ1) is 18.5. The predicted octanol–water partition coefficient (Wildman–Crippen LogP) is 1.05. The second-order valence-corrected chi connectivity index (χ2v) is 8.54. The Hall–Kier alpha value is -4.30. The minimum absolute atomic E-state index is 0.0783. The van der Waals surface area contributed by atoms with Gasteiger partial charge in [-0.05, 0) is 29.3 Å². The number of nitrogens with zero attached hydrogens (tertiary/aromatic N) is 5. The number of fused-ring (bicyclic) bond motifs is 1. The second-order valence-electron chi connectivity index (χ2n) is 8.54. The van der Waals surface area contributed by atoms with Crippen molar-refractivity contribution in [2.75, 3.05) is 24.9 Å². The van der Waals surface area contributed by atoms with E-state index in [9.17, 15) is 15.3 Å². The fourth-order valence-electron chi connectivity index (χ4n) is 4.07. The van der Waals surface area contributed by atoms with Gasteiger partial charge in [-0.25, -0.2) is 10.4 Å². The molecule has 0 bridgehead atoms. The maximum atomic E-state index is 10.4. The maximum absolute atomic E-state index is 10.4. The molecule has 1 aliphatic heterocycles. The van der Waals surface area contributed by atoms with Crippen molar-refractivity contribution in [1.29, 1.82) is 0 Å². The lowest BCUT2D eigenvalue weighted by molar-refractivity contribution is -0.0511. The number of aliphatic hydroxyl groups excluding tert-OH is 3. The smallest absolute Gasteiger partial charge is 0.247 e. The highest BCUT2D eigenvalue weighted by molar-refractivity contribution is 5.84. The molecule has 6 N–H and O–H groups in total. The SMILES string of the molecule is COc1cc(/C=N/Nc2nc(N)c3ncn([C@@H]4O[C@H](CO)C(O)[C@@H]4O)c3n2)ccc1OCc1ccccc1. The van der Waals surface area contributed by atoms with Gasteiger partial charge in [0.05, 0.1) is 26.3 Å². The standard InChI is InChI=1S/C25H27N7O6/c1-36-17-9-15(7-8-16(17)37-12-14-5-3-2-4-6-14)10-28-31-25-29-22(26)19-23(30-25)32(13-27-19)24-21(35)20(34)18(11-33)38-24/h2-10,13,18,20-21,24,33-35H,11-12H2,1H3,(H3,26,29,30,31)/b28-10+/t18-,20?,21+,24-/m1/s1. The van der Waals surface area contributed by atoms with Gasteiger partial charge in [0.2, 0.25) is 5.95 Å². The van der Waals surface area contributed by atoms with Crippen LogP contribution in [-0.4, -0.2) is 73.1 Å². The quantitative estimate of drug-likeness (QED) is 0.157. The van der Waals surface area contributed by atoms with Crippen LogP contribution < -0.4 is 20.6 Å². The molecule has 13 nitrogen and oxygen atoms in total. The number of aliphatic hydroxyl groups is 3. The summed E-state index contributed by atoms with van der Waals surface area (Å²) in [5.74, 6) is 1.31. The molecule has 4 atom stereocenters. The minimum Gasteiger partial charge on any atom is -0.493 e. The fraction of sp³-hybridized carbons (Fsp3) is 0.280. The van der Waals surface area contributed by atoms with Crippen molar-refractivity contribution in [1.82, 2.24) is 19.5 Å². The topological polar surface area (TPSA) is 182 Å². The number of imidazole rings is 1. The third-order valence-corrected chi connectivity index (χ3v) is 6.04. The molecule has 0 radical (unpaired) electrons. The number of methoxy groups -OCH3 is 1. The normalized spacial score (nSPS) is 21.3. The summed E-state index contributed by atoms with van der Waals surface area (Å²) < 4.78 is 18.4. The molecule has 0 amide bonds. The zero-order valence-corrected chi connectivity index (χ0v) is 20.4. The van der Waals surface area contributed by atoms with Gasteiger partial charge in [0.25, 0.3) is 0 Å². The number of nitrogen functional groups attached to an aromatic ring is 1. The molecule has 0 saturated carbocycles. The molecule has 1 unspecified atom stereocenters. The summed E-state index contributed by atoms with van der Waals surface area (Å²) in [4.78, 5) is 12.7. The first kappa shape index (κ1) is 25.4. The van der Waals surface area contributed by atoms with Crippen LogP contribution in [0.3, 0.4) is 0 Å². The van der Waals surface area contributed by atoms with Gasteiger partial charge in [-0.1, -0.05) is 30.3 Å². The largest absolute Gasteiger partial charge is 0.493 e. The number of hydrogen-bond donors (Lipinski definition) is 5. The summed E-state index contributed by atoms with van der Waals surface area (Å²) in [5.41, 5.74) is 11.1. The van der Waals surface area contributed by atoms with E-state index in [1.807, 2.05) is 36.4 Å². The minimum atomic E-state index is -1.30. The van der Waals surface area contributed by atoms with E-state index in [2.05, 4.69) is 25.5 Å². The van der Waals surface area contributed by atoms with E-state index < -0.39 is 31.1 Å². The van der Waals surface area contributed by atoms with Crippen LogP contribution in [0.4, 0.5) is 11.8 Å². The van der Waals surface area contributed by atoms with Crippen molar-refractivity contribution in [2.45, 2.75) is 31.1 Å². The van der Waals surface area contributed by atoms with Crippen LogP contribution in [-0.2, 0) is 11.3 Å². The Morgan fingerprint density at radius 3 is 2.68 bits per heavy atom. The number of nitrogens with one attached hydrogen (secondary N) is 1. The van der Waals surface area contributed by atoms with Crippen LogP contribution in [0, 0.1) is 0 Å². The summed E-state index contributed by atoms with van der Waals surface area (Å²) in [7, 11) is 1.56. The highest BCUT2D eigenvalue weighted by atomic mass is 16.6. The summed E-state index contributed by atoms with van der Waals surface area (Å²) in [6.07, 6.45) is -1.61. The third kappa shape index (κ3) is 5.08. The molecule has 3 heterocycles. The number of anilines is 2. The summed E-state index contributed by atoms with van der Waals surface area (Å²) in [6, 6.07) is 15.2. The van der Waals surface area contributed by atoms with Crippen LogP contribution in [0.25, 0.3) is 11.2 Å². The number of hydrogen-bond acceptors (Lipinski definition) is 12. The first-order valence-electron chi connectivity index (χ1n) is 11.7. The number of nitrogens with two attached hydrogens (primary N) is 1. The van der Waals surface area contributed by atoms with Gasteiger partial charge in [0.1, 0.15) is 30.4 Å². The van der Waals surface area contributed by atoms with E-state index in [4.69, 9.17) is 19.9 Å². The monoisotopic (exact) mass is 521 g/mol. The lowest BCUT2D eigenvalue weighted by Gasteiger charge is -2.16. The van der Waals surface area contributed by atoms with Gasteiger partial charge < -0.3 is 35.3 Å². The first-order valence-corrected chi connectivity index (χ1v) is 11.7. The van der Waals surface area contributed by atoms with Crippen LogP contribution in [0.1, 0.15) is 17.4 Å². The number of hydrazone groups is 1. The van der Waals surface area contributed by atoms with Crippen LogP contribution in [0.5, 0.6) is 11.5 Å². The molecule has 4 aromatic rings. The van der Waals surface area contributed by atoms with E-state index in [0.29, 0.717) is 18.1 Å². The Morgan fingerprint density at radius 1 is 1.13 bits per heavy atom. The van der Waals surface area contributed by atoms with Gasteiger partial charge in [0, 0.05) is 0 Å². The van der Waals surface area contributed by atoms with E-state index in [-0.39, 0.29) is 22.9 Å². The molecule has 0 aliphatic carbocycles. The van der Waals surface area contributed by atoms with Crippen LogP contribution in [0.15, 0.2) is 60.0 Å². The Balaban J connectivity index is 1.31. The predicted molar refractivity (Wildman–Crippen MR) is 138 cm³/mol. The molecule has 2 aromatic carbocycles. The number of ether oxygens (including phenoxy) is 3. The van der Waals surface area contributed by atoms with E-state index in [1.165, 1.54) is 10.9 Å². The Bertz CT molecular complexity index is 1430. The molecular formula is C25H27N7O6. The van der Waals surface area contributed by atoms with Gasteiger partial charge in [-0.15, -0.1) is 0 Å². The third-order valence-electron chi connectivity index (χ3n) is 6.04. The lowest BCUT2D eigenvalue weighted by Crippen LogP contribution is -2.33. The molecule has 5 rings (SSSR count). The highest BCUT2D eigenvalue weighted by Crippen LogP contribution is 2.32. The average molecular weight is 522 g/mol. The molecule has 1 aliphatic rings. The average Bonchev–Trinajstić information content (AvgIpc) is 3.49. The van der Waals surface area contributed by atoms with Gasteiger partial charge in [-0.3, -0.25) is 4.57 Å². The van der Waals surface area contributed by atoms with E-state index in [0.717, 1.165) is 11.1 Å². The molecule has 198 valence electrons. The number of benzene rings is 2. The van der Waals surface area contributed by atoms with E-state index >= 15 is 0 Å². The molecule has 13 heteroatoms. The summed E-state index contributed by atoms with van der Waals surface area (Å²) >= 11 is 0. The summed E-state index contributed by atoms with van der Waals surface area (Å²) in [5, 5.41) is 34.0. The fourth-order valence-corrected chi connectivity index (χ4v) is 4.07. The van der Waals surface area contributed by atoms with Gasteiger partial charge in [0.15, 0.2) is 29.2 Å². The van der Waals surface area contributed by atoms with Crippen molar-refractivity contribution in [3.05, 3.63) is 66.0 Å². The second kappa shape index (κ2) is 11.0. The van der Waals surface area contributed by atoms with Crippen molar-refractivity contribution in [3.8, 4) is 11.5 Å². The zero-order chi connectivity index (χ0) is 26.6. The number of rotatable bonds is 9. The van der Waals surface area contributed by atoms with Crippen LogP contribution in [0.2, 0.25) is 0 Å². The molecular weight excluding hydrogens is 494 g/mol. The molecule has 38 heavy (non-hydrogen) atoms. The van der Waals surface area contributed by atoms with E-state index in [1.54, 1.807) is 25.5 Å². The molecule has 1 fully saturated rings. The Labute approximate surface area is 217 Å². The molecule has 0 spiro atoms. The Morgan fingerprint density at radius 2 is 1.95 bits per heavy atom. The highest BCUT2D eigenvalue weighted by Gasteiger charge is 2.44. The zero-order valence-electron chi connectivity index (χ0n) is 20.4. The van der Waals surface area contributed by atoms with Crippen LogP contribution >= 0.6 is 0 Å². The Kier molecular flexibility index (Phi) is 7.33. The lowest BCUT2D eigenvalue weighted by atomic mass is 10.1. The maximum Gasteiger partial charge on any atom is 0.247 e. The van der Waals surface area contributed by atoms with Crippen molar-refractivity contribution in [3.63, 3.8) is 0 Å². The molecule has 1 saturated heterocycles. The summed E-state index contributed by atoms with van der Waals surface area (Å²) in [6.45, 7) is -0.0442. The van der Waals surface area contributed by atoms with Crippen molar-refractivity contribution in [2.24, 2.45) is 5.10 Å². The van der Waals surface area contributed by atoms with Gasteiger partial charge >= 0.3 is 0 Å². The van der Waals surface area contributed by atoms with Crippen molar-refractivity contribution >= 4 is 29.1 Å². The van der Waals surface area contributed by atoms with Gasteiger partial charge in [-0.2, -0.15) is 15.1 Å².